The fourth-order valence-corrected chi connectivity index (χ4v) is 2.24. The quantitative estimate of drug-likeness (QED) is 0.858. The van der Waals surface area contributed by atoms with Gasteiger partial charge in [-0.3, -0.25) is 4.79 Å². The second-order valence-corrected chi connectivity index (χ2v) is 5.51. The van der Waals surface area contributed by atoms with Crippen molar-refractivity contribution in [1.29, 1.82) is 0 Å². The number of aliphatic hydroxyl groups excluding tert-OH is 1. The van der Waals surface area contributed by atoms with Gasteiger partial charge in [0.1, 0.15) is 6.10 Å². The molecule has 0 aliphatic heterocycles. The van der Waals surface area contributed by atoms with E-state index in [0.717, 1.165) is 16.8 Å². The Morgan fingerprint density at radius 1 is 1.14 bits per heavy atom. The van der Waals surface area contributed by atoms with Crippen molar-refractivity contribution >= 4 is 11.5 Å². The van der Waals surface area contributed by atoms with Gasteiger partial charge in [-0.15, -0.1) is 0 Å². The lowest BCUT2D eigenvalue weighted by Crippen LogP contribution is -2.23. The second kappa shape index (κ2) is 6.55. The first-order chi connectivity index (χ1) is 9.97. The summed E-state index contributed by atoms with van der Waals surface area (Å²) in [6, 6.07) is 15.2. The number of hydrogen-bond donors (Lipinski definition) is 1. The molecule has 0 aromatic heterocycles. The van der Waals surface area contributed by atoms with Gasteiger partial charge in [0.15, 0.2) is 5.78 Å². The number of carbonyl (C=O) groups excluding carboxylic acids is 1. The third-order valence-electron chi connectivity index (χ3n) is 3.49. The van der Waals surface area contributed by atoms with Gasteiger partial charge in [-0.25, -0.2) is 0 Å². The molecule has 0 saturated carbocycles. The van der Waals surface area contributed by atoms with Gasteiger partial charge in [0, 0.05) is 31.8 Å². The molecule has 2 aromatic rings. The summed E-state index contributed by atoms with van der Waals surface area (Å²) in [6.07, 6.45) is -0.669. The molecular weight excluding hydrogens is 262 g/mol. The average Bonchev–Trinajstić information content (AvgIpc) is 2.47. The minimum atomic E-state index is -1.00. The van der Waals surface area contributed by atoms with Crippen LogP contribution < -0.4 is 4.90 Å². The molecule has 3 nitrogen and oxygen atoms in total. The highest BCUT2D eigenvalue weighted by atomic mass is 16.3. The van der Waals surface area contributed by atoms with E-state index in [1.807, 2.05) is 62.3 Å². The number of aliphatic hydroxyl groups is 1. The van der Waals surface area contributed by atoms with Crippen molar-refractivity contribution in [2.75, 3.05) is 19.0 Å². The molecular formula is C18H21NO2. The molecule has 0 fully saturated rings. The number of ketones is 1. The predicted molar refractivity (Wildman–Crippen MR) is 86.0 cm³/mol. The number of rotatable bonds is 5. The molecule has 2 aromatic carbocycles. The van der Waals surface area contributed by atoms with Crippen LogP contribution in [0.3, 0.4) is 0 Å². The maximum atomic E-state index is 12.2. The third-order valence-corrected chi connectivity index (χ3v) is 3.49. The van der Waals surface area contributed by atoms with Gasteiger partial charge < -0.3 is 10.0 Å². The van der Waals surface area contributed by atoms with Crippen molar-refractivity contribution in [3.8, 4) is 0 Å². The molecule has 0 heterocycles. The van der Waals surface area contributed by atoms with E-state index in [2.05, 4.69) is 0 Å². The maximum absolute atomic E-state index is 12.2. The minimum Gasteiger partial charge on any atom is -0.385 e. The Bertz CT molecular complexity index is 617. The van der Waals surface area contributed by atoms with Crippen molar-refractivity contribution < 1.29 is 9.90 Å². The molecule has 1 atom stereocenters. The summed E-state index contributed by atoms with van der Waals surface area (Å²) in [6.45, 7) is 1.93. The van der Waals surface area contributed by atoms with Crippen LogP contribution in [0.5, 0.6) is 0 Å². The van der Waals surface area contributed by atoms with Crippen LogP contribution in [0.1, 0.15) is 21.5 Å². The molecule has 21 heavy (non-hydrogen) atoms. The Labute approximate surface area is 125 Å². The number of benzene rings is 2. The van der Waals surface area contributed by atoms with Crippen molar-refractivity contribution in [2.45, 2.75) is 19.4 Å². The highest BCUT2D eigenvalue weighted by Crippen LogP contribution is 2.15. The van der Waals surface area contributed by atoms with Crippen LogP contribution in [0.2, 0.25) is 0 Å². The molecule has 0 radical (unpaired) electrons. The summed E-state index contributed by atoms with van der Waals surface area (Å²) in [5.41, 5.74) is 3.63. The van der Waals surface area contributed by atoms with E-state index in [9.17, 15) is 9.90 Å². The zero-order valence-corrected chi connectivity index (χ0v) is 12.7. The molecule has 110 valence electrons. The highest BCUT2D eigenvalue weighted by Gasteiger charge is 2.17. The minimum absolute atomic E-state index is 0.226. The predicted octanol–water partition coefficient (Wildman–Crippen LogP) is 2.85. The molecule has 1 N–H and O–H groups in total. The third kappa shape index (κ3) is 3.92. The number of Topliss-reactive ketones (excluding diaryl/α,β-unsaturated/α-hetero) is 1. The molecule has 0 bridgehead atoms. The summed E-state index contributed by atoms with van der Waals surface area (Å²) in [5, 5.41) is 10.1. The Kier molecular flexibility index (Phi) is 4.76. The summed E-state index contributed by atoms with van der Waals surface area (Å²) in [5.74, 6) is -0.226. The normalized spacial score (nSPS) is 12.0. The summed E-state index contributed by atoms with van der Waals surface area (Å²) in [7, 11) is 3.95. The van der Waals surface area contributed by atoms with Crippen molar-refractivity contribution in [1.82, 2.24) is 0 Å². The Morgan fingerprint density at radius 3 is 2.38 bits per heavy atom. The van der Waals surface area contributed by atoms with Crippen LogP contribution in [0.15, 0.2) is 48.5 Å². The maximum Gasteiger partial charge on any atom is 0.191 e. The van der Waals surface area contributed by atoms with Gasteiger partial charge in [-0.2, -0.15) is 0 Å². The largest absolute Gasteiger partial charge is 0.385 e. The Morgan fingerprint density at radius 2 is 1.81 bits per heavy atom. The average molecular weight is 283 g/mol. The number of aryl methyl sites for hydroxylation is 1. The zero-order chi connectivity index (χ0) is 15.4. The van der Waals surface area contributed by atoms with Gasteiger partial charge in [0.25, 0.3) is 0 Å². The Balaban J connectivity index is 2.07. The number of nitrogens with zero attached hydrogens (tertiary/aromatic N) is 1. The van der Waals surface area contributed by atoms with Crippen LogP contribution in [0, 0.1) is 6.92 Å². The van der Waals surface area contributed by atoms with Crippen molar-refractivity contribution in [3.63, 3.8) is 0 Å². The number of hydrogen-bond acceptors (Lipinski definition) is 3. The van der Waals surface area contributed by atoms with E-state index in [4.69, 9.17) is 0 Å². The van der Waals surface area contributed by atoms with Crippen molar-refractivity contribution in [3.05, 3.63) is 65.2 Å². The molecule has 0 amide bonds. The lowest BCUT2D eigenvalue weighted by atomic mass is 9.99. The van der Waals surface area contributed by atoms with Crippen LogP contribution in [0.25, 0.3) is 0 Å². The van der Waals surface area contributed by atoms with E-state index in [1.165, 1.54) is 0 Å². The lowest BCUT2D eigenvalue weighted by Gasteiger charge is -2.14. The van der Waals surface area contributed by atoms with Gasteiger partial charge in [-0.05, 0) is 30.7 Å². The first-order valence-corrected chi connectivity index (χ1v) is 7.02. The van der Waals surface area contributed by atoms with E-state index in [1.54, 1.807) is 12.1 Å². The fourth-order valence-electron chi connectivity index (χ4n) is 2.24. The number of carbonyl (C=O) groups is 1. The second-order valence-electron chi connectivity index (χ2n) is 5.51. The summed E-state index contributed by atoms with van der Waals surface area (Å²) < 4.78 is 0. The SMILES string of the molecule is Cc1cccc(C(=O)C(O)Cc2ccc(N(C)C)cc2)c1. The molecule has 0 aliphatic carbocycles. The van der Waals surface area contributed by atoms with Gasteiger partial charge in [0.05, 0.1) is 0 Å². The van der Waals surface area contributed by atoms with Gasteiger partial charge in [-0.1, -0.05) is 35.9 Å². The Hall–Kier alpha value is -2.13. The fraction of sp³-hybridized carbons (Fsp3) is 0.278. The summed E-state index contributed by atoms with van der Waals surface area (Å²) in [4.78, 5) is 14.2. The van der Waals surface area contributed by atoms with Crippen molar-refractivity contribution in [2.24, 2.45) is 0 Å². The monoisotopic (exact) mass is 283 g/mol. The lowest BCUT2D eigenvalue weighted by molar-refractivity contribution is 0.0748. The molecule has 0 saturated heterocycles. The van der Waals surface area contributed by atoms with Gasteiger partial charge >= 0.3 is 0 Å². The highest BCUT2D eigenvalue weighted by molar-refractivity contribution is 5.99. The first kappa shape index (κ1) is 15.3. The van der Waals surface area contributed by atoms with Gasteiger partial charge in [0.2, 0.25) is 0 Å². The first-order valence-electron chi connectivity index (χ1n) is 7.02. The van der Waals surface area contributed by atoms with E-state index in [0.29, 0.717) is 12.0 Å². The molecule has 3 heteroatoms. The standard InChI is InChI=1S/C18H21NO2/c1-13-5-4-6-15(11-13)18(21)17(20)12-14-7-9-16(10-8-14)19(2)3/h4-11,17,20H,12H2,1-3H3. The smallest absolute Gasteiger partial charge is 0.191 e. The van der Waals surface area contributed by atoms with Crippen LogP contribution >= 0.6 is 0 Å². The van der Waals surface area contributed by atoms with Crippen LogP contribution in [-0.2, 0) is 6.42 Å². The van der Waals surface area contributed by atoms with Crippen LogP contribution in [-0.4, -0.2) is 31.1 Å². The van der Waals surface area contributed by atoms with Crippen LogP contribution in [0.4, 0.5) is 5.69 Å². The molecule has 0 spiro atoms. The van der Waals surface area contributed by atoms with E-state index < -0.39 is 6.10 Å². The zero-order valence-electron chi connectivity index (χ0n) is 12.7. The van der Waals surface area contributed by atoms with E-state index >= 15 is 0 Å². The molecule has 1 unspecified atom stereocenters. The number of anilines is 1. The summed E-state index contributed by atoms with van der Waals surface area (Å²) >= 11 is 0. The van der Waals surface area contributed by atoms with E-state index in [-0.39, 0.29) is 5.78 Å². The molecule has 0 aliphatic rings. The topological polar surface area (TPSA) is 40.5 Å². The molecule has 2 rings (SSSR count).